The number of hydrogen-bond acceptors (Lipinski definition) is 1. The van der Waals surface area contributed by atoms with E-state index in [4.69, 9.17) is 19.5 Å². The molecule has 1 aromatic heterocycles. The highest BCUT2D eigenvalue weighted by molar-refractivity contribution is 6.15. The molecule has 234 valence electrons. The molecule has 0 aliphatic rings. The first-order valence-electron chi connectivity index (χ1n) is 22.7. The van der Waals surface area contributed by atoms with Gasteiger partial charge in [0.25, 0.3) is 0 Å². The van der Waals surface area contributed by atoms with Crippen LogP contribution in [0.5, 0.6) is 0 Å². The summed E-state index contributed by atoms with van der Waals surface area (Å²) in [6.45, 7) is 0. The summed E-state index contributed by atoms with van der Waals surface area (Å²) in [5.74, 6) is 0. The summed E-state index contributed by atoms with van der Waals surface area (Å²) in [6, 6.07) is 26.7. The molecular weight excluding hydrogens is 605 g/mol. The molecular formula is C49H32O. The van der Waals surface area contributed by atoms with Crippen LogP contribution in [0.3, 0.4) is 0 Å². The molecule has 1 heterocycles. The molecule has 0 fully saturated rings. The second-order valence-corrected chi connectivity index (χ2v) is 12.3. The van der Waals surface area contributed by atoms with E-state index < -0.39 is 85.0 Å². The highest BCUT2D eigenvalue weighted by Crippen LogP contribution is 2.41. The predicted molar refractivity (Wildman–Crippen MR) is 212 cm³/mol. The van der Waals surface area contributed by atoms with Crippen LogP contribution in [-0.4, -0.2) is 0 Å². The van der Waals surface area contributed by atoms with Crippen molar-refractivity contribution in [1.82, 2.24) is 0 Å². The normalized spacial score (nSPS) is 15.3. The van der Waals surface area contributed by atoms with E-state index in [1.54, 1.807) is 12.1 Å². The number of hydrogen-bond donors (Lipinski definition) is 0. The van der Waals surface area contributed by atoms with Crippen molar-refractivity contribution in [3.63, 3.8) is 0 Å². The number of rotatable bonds is 5. The van der Waals surface area contributed by atoms with Crippen LogP contribution in [0.25, 0.3) is 87.6 Å². The van der Waals surface area contributed by atoms with E-state index in [-0.39, 0.29) is 38.2 Å². The minimum atomic E-state index is -0.616. The Hall–Kier alpha value is -6.44. The van der Waals surface area contributed by atoms with Crippen LogP contribution in [0.1, 0.15) is 28.9 Å². The molecule has 10 rings (SSSR count). The second kappa shape index (κ2) is 11.6. The zero-order chi connectivity index (χ0) is 44.3. The molecule has 0 radical (unpaired) electrons. The third-order valence-corrected chi connectivity index (χ3v) is 9.46. The van der Waals surface area contributed by atoms with Crippen molar-refractivity contribution in [3.8, 4) is 33.4 Å². The van der Waals surface area contributed by atoms with E-state index in [1.807, 2.05) is 48.5 Å². The molecule has 0 atom stereocenters. The molecule has 0 saturated carbocycles. The maximum atomic E-state index is 9.21. The van der Waals surface area contributed by atoms with Crippen molar-refractivity contribution in [2.24, 2.45) is 0 Å². The van der Waals surface area contributed by atoms with Crippen molar-refractivity contribution in [3.05, 3.63) is 193 Å². The van der Waals surface area contributed by atoms with Crippen molar-refractivity contribution >= 4 is 54.3 Å². The summed E-state index contributed by atoms with van der Waals surface area (Å²) in [5.41, 5.74) is 5.57. The third kappa shape index (κ3) is 4.70. The minimum absolute atomic E-state index is 0.0127. The van der Waals surface area contributed by atoms with E-state index in [2.05, 4.69) is 42.5 Å². The molecule has 1 nitrogen and oxygen atoms in total. The van der Waals surface area contributed by atoms with Crippen LogP contribution >= 0.6 is 0 Å². The Morgan fingerprint density at radius 2 is 1.06 bits per heavy atom. The van der Waals surface area contributed by atoms with Crippen molar-refractivity contribution in [1.29, 1.82) is 0 Å². The average molecular weight is 650 g/mol. The van der Waals surface area contributed by atoms with E-state index in [1.165, 1.54) is 0 Å². The molecule has 1 heteroatoms. The lowest BCUT2D eigenvalue weighted by Crippen LogP contribution is -1.95. The molecule has 0 amide bonds. The van der Waals surface area contributed by atoms with Gasteiger partial charge in [0.15, 0.2) is 0 Å². The fourth-order valence-corrected chi connectivity index (χ4v) is 7.14. The predicted octanol–water partition coefficient (Wildman–Crippen LogP) is 13.6. The molecule has 0 aliphatic carbocycles. The number of benzene rings is 9. The lowest BCUT2D eigenvalue weighted by molar-refractivity contribution is 0.669. The SMILES string of the molecule is [2H]c1c([2H])c([2H])c(Cc2c3c([2H])c([2H])c([2H])c([2H])c3c(-c3ccc(-c4ccc5c(c4)oc4ccc(-c6cccc7ccccc67)cc45)cc3)c3c([2H])c([2H])c([2H])c([2H])c23)c([2H])c1[2H]. The van der Waals surface area contributed by atoms with E-state index in [0.717, 1.165) is 49.4 Å². The highest BCUT2D eigenvalue weighted by Gasteiger charge is 2.16. The van der Waals surface area contributed by atoms with Crippen LogP contribution in [0, 0.1) is 0 Å². The maximum Gasteiger partial charge on any atom is 0.136 e. The second-order valence-electron chi connectivity index (χ2n) is 12.3. The Morgan fingerprint density at radius 1 is 0.420 bits per heavy atom. The summed E-state index contributed by atoms with van der Waals surface area (Å²) in [6.07, 6.45) is -0.485. The smallest absolute Gasteiger partial charge is 0.136 e. The molecule has 0 N–H and O–H groups in total. The van der Waals surface area contributed by atoms with Gasteiger partial charge in [-0.05, 0) is 108 Å². The molecule has 0 saturated heterocycles. The first-order valence-corrected chi connectivity index (χ1v) is 16.2. The monoisotopic (exact) mass is 649 g/mol. The molecule has 10 aromatic rings. The van der Waals surface area contributed by atoms with Crippen LogP contribution in [-0.2, 0) is 6.42 Å². The number of furan rings is 1. The van der Waals surface area contributed by atoms with Gasteiger partial charge < -0.3 is 4.42 Å². The zero-order valence-electron chi connectivity index (χ0n) is 39.4. The van der Waals surface area contributed by atoms with Gasteiger partial charge in [-0.25, -0.2) is 0 Å². The fourth-order valence-electron chi connectivity index (χ4n) is 7.14. The summed E-state index contributed by atoms with van der Waals surface area (Å²) in [7, 11) is 0. The van der Waals surface area contributed by atoms with E-state index in [9.17, 15) is 2.74 Å². The van der Waals surface area contributed by atoms with Gasteiger partial charge in [0, 0.05) is 10.8 Å². The Kier molecular flexibility index (Phi) is 4.26. The Bertz CT molecular complexity index is 3520. The van der Waals surface area contributed by atoms with Crippen LogP contribution in [0.4, 0.5) is 0 Å². The molecule has 0 unspecified atom stereocenters. The first-order chi connectivity index (χ1) is 30.2. The van der Waals surface area contributed by atoms with Crippen molar-refractivity contribution in [2.45, 2.75) is 6.42 Å². The van der Waals surface area contributed by atoms with Gasteiger partial charge in [0.05, 0.1) is 17.8 Å². The van der Waals surface area contributed by atoms with Gasteiger partial charge >= 0.3 is 0 Å². The summed E-state index contributed by atoms with van der Waals surface area (Å²) < 4.78 is 120. The molecule has 0 aliphatic heterocycles. The lowest BCUT2D eigenvalue weighted by Gasteiger charge is -2.18. The van der Waals surface area contributed by atoms with Crippen molar-refractivity contribution in [2.75, 3.05) is 0 Å². The molecule has 0 spiro atoms. The minimum Gasteiger partial charge on any atom is -0.456 e. The van der Waals surface area contributed by atoms with Gasteiger partial charge in [-0.15, -0.1) is 0 Å². The summed E-state index contributed by atoms with van der Waals surface area (Å²) >= 11 is 0. The van der Waals surface area contributed by atoms with E-state index in [0.29, 0.717) is 11.1 Å². The Balaban J connectivity index is 1.16. The van der Waals surface area contributed by atoms with Gasteiger partial charge in [-0.3, -0.25) is 0 Å². The van der Waals surface area contributed by atoms with Gasteiger partial charge in [-0.1, -0.05) is 157 Å². The topological polar surface area (TPSA) is 13.1 Å². The molecule has 0 bridgehead atoms. The maximum absolute atomic E-state index is 9.21. The number of fused-ring (bicyclic) bond motifs is 6. The quantitative estimate of drug-likeness (QED) is 0.169. The standard InChI is InChI=1S/C49H32O/c1-2-11-32(12-3-1)29-45-40-16-6-8-18-43(40)49(44-19-9-7-17-41(44)45)35-23-21-33(22-24-35)36-25-27-42-46-30-37(26-28-47(46)50-48(42)31-36)39-20-10-14-34-13-4-5-15-38(34)39/h1-28,30-31H,29H2/i1D,2D,3D,6D,7D,8D,9D,11D,12D,16D,17D,18D,19D. The summed E-state index contributed by atoms with van der Waals surface area (Å²) in [4.78, 5) is 0. The van der Waals surface area contributed by atoms with E-state index >= 15 is 0 Å². The van der Waals surface area contributed by atoms with Crippen LogP contribution < -0.4 is 0 Å². The Labute approximate surface area is 308 Å². The average Bonchev–Trinajstić information content (AvgIpc) is 3.67. The Morgan fingerprint density at radius 3 is 1.84 bits per heavy atom. The molecule has 50 heavy (non-hydrogen) atoms. The van der Waals surface area contributed by atoms with Gasteiger partial charge in [0.1, 0.15) is 11.2 Å². The molecule has 9 aromatic carbocycles. The van der Waals surface area contributed by atoms with Crippen molar-refractivity contribution < 1.29 is 22.2 Å². The largest absolute Gasteiger partial charge is 0.456 e. The lowest BCUT2D eigenvalue weighted by atomic mass is 9.86. The fraction of sp³-hybridized carbons (Fsp3) is 0.0204. The van der Waals surface area contributed by atoms with Gasteiger partial charge in [-0.2, -0.15) is 0 Å². The van der Waals surface area contributed by atoms with Crippen LogP contribution in [0.15, 0.2) is 186 Å². The first kappa shape index (κ1) is 18.4. The third-order valence-electron chi connectivity index (χ3n) is 9.46. The van der Waals surface area contributed by atoms with Gasteiger partial charge in [0.2, 0.25) is 0 Å². The highest BCUT2D eigenvalue weighted by atomic mass is 16.3. The summed E-state index contributed by atoms with van der Waals surface area (Å²) in [5, 5.41) is 4.01. The van der Waals surface area contributed by atoms with Crippen LogP contribution in [0.2, 0.25) is 0 Å². The zero-order valence-corrected chi connectivity index (χ0v) is 26.4.